The van der Waals surface area contributed by atoms with Crippen LogP contribution in [-0.2, 0) is 23.1 Å². The zero-order valence-corrected chi connectivity index (χ0v) is 20.7. The molecule has 0 bridgehead atoms. The normalized spacial score (nSPS) is 23.3. The van der Waals surface area contributed by atoms with Gasteiger partial charge in [-0.15, -0.1) is 10.2 Å². The molecule has 2 N–H and O–H groups in total. The van der Waals surface area contributed by atoms with Gasteiger partial charge in [0.1, 0.15) is 12.4 Å². The first-order valence-corrected chi connectivity index (χ1v) is 12.1. The van der Waals surface area contributed by atoms with Crippen LogP contribution in [0.15, 0.2) is 4.99 Å². The summed E-state index contributed by atoms with van der Waals surface area (Å²) < 4.78 is 13.6. The molecule has 2 aliphatic rings. The average molecular weight is 450 g/mol. The van der Waals surface area contributed by atoms with Gasteiger partial charge in [-0.1, -0.05) is 20.8 Å². The van der Waals surface area contributed by atoms with Crippen LogP contribution in [0.3, 0.4) is 0 Å². The molecule has 3 heterocycles. The van der Waals surface area contributed by atoms with E-state index in [9.17, 15) is 0 Å². The topological polar surface area (TPSA) is 88.8 Å². The number of ether oxygens (including phenoxy) is 2. The number of guanidine groups is 1. The molecule has 2 unspecified atom stereocenters. The van der Waals surface area contributed by atoms with Crippen molar-refractivity contribution < 1.29 is 9.47 Å². The van der Waals surface area contributed by atoms with E-state index in [4.69, 9.17) is 14.5 Å². The molecular weight excluding hydrogens is 406 g/mol. The Labute approximate surface area is 193 Å². The first kappa shape index (κ1) is 24.9. The molecule has 2 atom stereocenters. The van der Waals surface area contributed by atoms with Gasteiger partial charge in [-0.2, -0.15) is 0 Å². The van der Waals surface area contributed by atoms with E-state index >= 15 is 0 Å². The summed E-state index contributed by atoms with van der Waals surface area (Å²) in [4.78, 5) is 7.28. The molecule has 1 aromatic heterocycles. The summed E-state index contributed by atoms with van der Waals surface area (Å²) in [7, 11) is 1.98. The highest BCUT2D eigenvalue weighted by Gasteiger charge is 2.35. The van der Waals surface area contributed by atoms with Crippen molar-refractivity contribution in [2.75, 3.05) is 52.5 Å². The number of aliphatic imine (C=N–C) groups is 1. The van der Waals surface area contributed by atoms with Crippen molar-refractivity contribution in [1.29, 1.82) is 0 Å². The number of aromatic nitrogens is 3. The molecule has 0 aliphatic carbocycles. The number of hydrogen-bond donors (Lipinski definition) is 2. The Morgan fingerprint density at radius 2 is 1.94 bits per heavy atom. The van der Waals surface area contributed by atoms with Gasteiger partial charge in [0.05, 0.1) is 19.3 Å². The number of aryl methyl sites for hydroxylation is 1. The van der Waals surface area contributed by atoms with Gasteiger partial charge in [0.2, 0.25) is 0 Å². The van der Waals surface area contributed by atoms with Crippen LogP contribution in [0.5, 0.6) is 0 Å². The fourth-order valence-corrected chi connectivity index (χ4v) is 4.48. The predicted octanol–water partition coefficient (Wildman–Crippen LogP) is 1.72. The van der Waals surface area contributed by atoms with Gasteiger partial charge in [0.25, 0.3) is 0 Å². The van der Waals surface area contributed by atoms with Gasteiger partial charge >= 0.3 is 0 Å². The van der Waals surface area contributed by atoms with Crippen molar-refractivity contribution in [3.05, 3.63) is 11.6 Å². The van der Waals surface area contributed by atoms with Crippen molar-refractivity contribution in [3.8, 4) is 0 Å². The van der Waals surface area contributed by atoms with E-state index in [1.54, 1.807) is 0 Å². The fourth-order valence-electron chi connectivity index (χ4n) is 4.48. The standard InChI is InChI=1S/C23H43N7O2/c1-18-27-28-20(29(18)5)17-26-22(24-9-7-10-30-11-14-31-15-12-30)25-16-19-8-6-13-32-21(19)23(2,3)4/h19,21H,6-17H2,1-5H3,(H2,24,25,26). The van der Waals surface area contributed by atoms with Crippen LogP contribution in [0.1, 0.15) is 51.7 Å². The largest absolute Gasteiger partial charge is 0.379 e. The summed E-state index contributed by atoms with van der Waals surface area (Å²) in [6.07, 6.45) is 3.63. The van der Waals surface area contributed by atoms with Crippen molar-refractivity contribution in [2.45, 2.75) is 59.6 Å². The third-order valence-corrected chi connectivity index (χ3v) is 6.44. The maximum absolute atomic E-state index is 6.16. The molecular formula is C23H43N7O2. The molecule has 182 valence electrons. The Kier molecular flexibility index (Phi) is 9.31. The molecule has 1 aromatic rings. The Bertz CT molecular complexity index is 722. The zero-order valence-electron chi connectivity index (χ0n) is 20.7. The van der Waals surface area contributed by atoms with Crippen LogP contribution < -0.4 is 10.6 Å². The van der Waals surface area contributed by atoms with Crippen molar-refractivity contribution in [1.82, 2.24) is 30.3 Å². The second-order valence-electron chi connectivity index (χ2n) is 10.1. The first-order valence-electron chi connectivity index (χ1n) is 12.1. The lowest BCUT2D eigenvalue weighted by molar-refractivity contribution is -0.0835. The maximum Gasteiger partial charge on any atom is 0.191 e. The van der Waals surface area contributed by atoms with Crippen molar-refractivity contribution in [3.63, 3.8) is 0 Å². The fraction of sp³-hybridized carbons (Fsp3) is 0.870. The van der Waals surface area contributed by atoms with Crippen molar-refractivity contribution >= 4 is 5.96 Å². The van der Waals surface area contributed by atoms with E-state index in [-0.39, 0.29) is 11.5 Å². The van der Waals surface area contributed by atoms with Crippen LogP contribution in [0, 0.1) is 18.3 Å². The van der Waals surface area contributed by atoms with E-state index in [1.165, 1.54) is 6.42 Å². The van der Waals surface area contributed by atoms with E-state index in [2.05, 4.69) is 46.5 Å². The molecule has 2 aliphatic heterocycles. The van der Waals surface area contributed by atoms with Crippen LogP contribution >= 0.6 is 0 Å². The molecule has 3 rings (SSSR count). The van der Waals surface area contributed by atoms with Crippen LogP contribution in [-0.4, -0.2) is 84.3 Å². The van der Waals surface area contributed by atoms with E-state index in [0.29, 0.717) is 12.5 Å². The summed E-state index contributed by atoms with van der Waals surface area (Å²) in [6.45, 7) is 16.7. The summed E-state index contributed by atoms with van der Waals surface area (Å²) >= 11 is 0. The van der Waals surface area contributed by atoms with Gasteiger partial charge in [0.15, 0.2) is 11.8 Å². The monoisotopic (exact) mass is 449 g/mol. The Balaban J connectivity index is 1.56. The molecule has 0 radical (unpaired) electrons. The third kappa shape index (κ3) is 7.42. The maximum atomic E-state index is 6.16. The molecule has 32 heavy (non-hydrogen) atoms. The lowest BCUT2D eigenvalue weighted by atomic mass is 9.78. The SMILES string of the molecule is Cc1nnc(CN=C(NCCCN2CCOCC2)NCC2CCCOC2C(C)(C)C)n1C. The number of morpholine rings is 1. The van der Waals surface area contributed by atoms with E-state index in [1.807, 2.05) is 18.5 Å². The molecule has 2 saturated heterocycles. The smallest absolute Gasteiger partial charge is 0.191 e. The minimum atomic E-state index is 0.131. The predicted molar refractivity (Wildman–Crippen MR) is 127 cm³/mol. The second-order valence-corrected chi connectivity index (χ2v) is 10.1. The highest BCUT2D eigenvalue weighted by Crippen LogP contribution is 2.33. The van der Waals surface area contributed by atoms with Crippen molar-refractivity contribution in [2.24, 2.45) is 23.4 Å². The molecule has 2 fully saturated rings. The quantitative estimate of drug-likeness (QED) is 0.355. The molecule has 0 spiro atoms. The molecule has 9 heteroatoms. The second kappa shape index (κ2) is 12.0. The molecule has 0 aromatic carbocycles. The minimum Gasteiger partial charge on any atom is -0.379 e. The van der Waals surface area contributed by atoms with Crippen LogP contribution in [0.2, 0.25) is 0 Å². The number of nitrogens with zero attached hydrogens (tertiary/aromatic N) is 5. The van der Waals surface area contributed by atoms with Gasteiger partial charge in [-0.3, -0.25) is 4.90 Å². The minimum absolute atomic E-state index is 0.131. The Morgan fingerprint density at radius 3 is 2.62 bits per heavy atom. The Hall–Kier alpha value is -1.71. The number of nitrogens with one attached hydrogen (secondary N) is 2. The highest BCUT2D eigenvalue weighted by atomic mass is 16.5. The zero-order chi connectivity index (χ0) is 23.0. The molecule has 0 saturated carbocycles. The molecule has 0 amide bonds. The van der Waals surface area contributed by atoms with E-state index in [0.717, 1.165) is 83.0 Å². The lowest BCUT2D eigenvalue weighted by Crippen LogP contribution is -2.48. The highest BCUT2D eigenvalue weighted by molar-refractivity contribution is 5.79. The van der Waals surface area contributed by atoms with E-state index < -0.39 is 0 Å². The first-order chi connectivity index (χ1) is 15.3. The van der Waals surface area contributed by atoms with Gasteiger partial charge < -0.3 is 24.7 Å². The Morgan fingerprint density at radius 1 is 1.16 bits per heavy atom. The van der Waals surface area contributed by atoms with Gasteiger partial charge in [0, 0.05) is 45.8 Å². The summed E-state index contributed by atoms with van der Waals surface area (Å²) in [5.41, 5.74) is 0.131. The van der Waals surface area contributed by atoms with Crippen LogP contribution in [0.4, 0.5) is 0 Å². The summed E-state index contributed by atoms with van der Waals surface area (Å²) in [5.74, 6) is 3.08. The van der Waals surface area contributed by atoms with Crippen LogP contribution in [0.25, 0.3) is 0 Å². The molecule has 9 nitrogen and oxygen atoms in total. The summed E-state index contributed by atoms with van der Waals surface area (Å²) in [6, 6.07) is 0. The lowest BCUT2D eigenvalue weighted by Gasteiger charge is -2.40. The third-order valence-electron chi connectivity index (χ3n) is 6.44. The average Bonchev–Trinajstić information content (AvgIpc) is 3.10. The van der Waals surface area contributed by atoms with Gasteiger partial charge in [-0.05, 0) is 38.1 Å². The number of rotatable bonds is 8. The van der Waals surface area contributed by atoms with Gasteiger partial charge in [-0.25, -0.2) is 4.99 Å². The number of hydrogen-bond acceptors (Lipinski definition) is 6. The summed E-state index contributed by atoms with van der Waals surface area (Å²) in [5, 5.41) is 15.5.